The molecule has 246 valence electrons. The molecule has 0 unspecified atom stereocenters. The number of aromatic nitrogens is 4. The molecule has 49 heavy (non-hydrogen) atoms. The predicted molar refractivity (Wildman–Crippen MR) is 203 cm³/mol. The maximum atomic E-state index is 13.8. The third kappa shape index (κ3) is 5.23. The molecule has 0 atom stereocenters. The van der Waals surface area contributed by atoms with Crippen molar-refractivity contribution in [3.05, 3.63) is 121 Å². The van der Waals surface area contributed by atoms with Crippen molar-refractivity contribution >= 4 is 70.1 Å². The molecule has 0 spiro atoms. The minimum atomic E-state index is -4.50. The van der Waals surface area contributed by atoms with Crippen LogP contribution in [0.5, 0.6) is 0 Å². The van der Waals surface area contributed by atoms with Gasteiger partial charge >= 0.3 is 6.18 Å². The first kappa shape index (κ1) is 31.4. The largest absolute Gasteiger partial charge is 0.419 e. The zero-order valence-corrected chi connectivity index (χ0v) is 30.4. The van der Waals surface area contributed by atoms with Gasteiger partial charge in [0, 0.05) is 27.7 Å². The highest BCUT2D eigenvalue weighted by Gasteiger charge is 2.32. The zero-order chi connectivity index (χ0) is 34.5. The molecular weight excluding hydrogens is 650 g/mol. The average molecular weight is 687 g/mol. The molecular formula is C40H37F3N4Si2. The Hall–Kier alpha value is -4.87. The van der Waals surface area contributed by atoms with E-state index in [1.807, 2.05) is 24.3 Å². The molecule has 0 aliphatic carbocycles. The lowest BCUT2D eigenvalue weighted by molar-refractivity contribution is -0.137. The van der Waals surface area contributed by atoms with Gasteiger partial charge in [0.1, 0.15) is 0 Å². The molecule has 8 rings (SSSR count). The Bertz CT molecular complexity index is 2430. The fourth-order valence-electron chi connectivity index (χ4n) is 7.01. The van der Waals surface area contributed by atoms with E-state index in [0.717, 1.165) is 67.4 Å². The van der Waals surface area contributed by atoms with Crippen LogP contribution in [-0.2, 0) is 6.18 Å². The summed E-state index contributed by atoms with van der Waals surface area (Å²) in [5.74, 6) is 0. The molecule has 8 aromatic rings. The summed E-state index contributed by atoms with van der Waals surface area (Å²) in [4.78, 5) is 0. The molecule has 0 saturated heterocycles. The van der Waals surface area contributed by atoms with Gasteiger partial charge in [-0.1, -0.05) is 110 Å². The van der Waals surface area contributed by atoms with Gasteiger partial charge in [-0.05, 0) is 42.5 Å². The van der Waals surface area contributed by atoms with Crippen LogP contribution in [0.2, 0.25) is 39.3 Å². The van der Waals surface area contributed by atoms with Crippen molar-refractivity contribution in [2.75, 3.05) is 0 Å². The highest BCUT2D eigenvalue weighted by atomic mass is 28.3. The van der Waals surface area contributed by atoms with Crippen LogP contribution < -0.4 is 10.4 Å². The Kier molecular flexibility index (Phi) is 6.93. The normalized spacial score (nSPS) is 13.0. The summed E-state index contributed by atoms with van der Waals surface area (Å²) in [6.45, 7) is 14.0. The van der Waals surface area contributed by atoms with Gasteiger partial charge in [0.25, 0.3) is 0 Å². The molecule has 3 aromatic heterocycles. The van der Waals surface area contributed by atoms with E-state index >= 15 is 0 Å². The van der Waals surface area contributed by atoms with Gasteiger partial charge in [-0.15, -0.1) is 0 Å². The van der Waals surface area contributed by atoms with E-state index < -0.39 is 27.9 Å². The molecule has 5 aromatic carbocycles. The summed E-state index contributed by atoms with van der Waals surface area (Å²) in [6, 6.07) is 36.3. The molecule has 0 fully saturated rings. The number of rotatable bonds is 5. The van der Waals surface area contributed by atoms with Crippen LogP contribution in [0, 0.1) is 0 Å². The standard InChI is InChI=1S/C40H37F3N4Si2/c1-48(2,3)30-15-17-34-32-11-7-9-13-36(32)46(38(34)22-30)28-19-27(45-25-26(24-44-45)40(41,42)43)20-29(21-28)47-37-14-10-8-12-33(37)35-18-16-31(23-39(35)47)49(4,5)6/h7-25H,1-6H3. The highest BCUT2D eigenvalue weighted by molar-refractivity contribution is 6.89. The van der Waals surface area contributed by atoms with Crippen molar-refractivity contribution in [1.82, 2.24) is 18.9 Å². The van der Waals surface area contributed by atoms with Crippen molar-refractivity contribution in [3.8, 4) is 17.1 Å². The Labute approximate surface area is 285 Å². The van der Waals surface area contributed by atoms with Gasteiger partial charge in [-0.2, -0.15) is 18.3 Å². The average Bonchev–Trinajstić information content (AvgIpc) is 3.76. The Morgan fingerprint density at radius 2 is 0.939 bits per heavy atom. The van der Waals surface area contributed by atoms with Gasteiger partial charge in [0.05, 0.1) is 67.0 Å². The zero-order valence-electron chi connectivity index (χ0n) is 28.4. The quantitative estimate of drug-likeness (QED) is 0.166. The summed E-state index contributed by atoms with van der Waals surface area (Å²) in [6.07, 6.45) is -2.53. The number of alkyl halides is 3. The van der Waals surface area contributed by atoms with Crippen LogP contribution in [0.1, 0.15) is 5.56 Å². The van der Waals surface area contributed by atoms with Gasteiger partial charge in [-0.25, -0.2) is 4.68 Å². The van der Waals surface area contributed by atoms with Crippen LogP contribution in [0.15, 0.2) is 116 Å². The van der Waals surface area contributed by atoms with Gasteiger partial charge < -0.3 is 9.13 Å². The van der Waals surface area contributed by atoms with E-state index in [0.29, 0.717) is 5.69 Å². The van der Waals surface area contributed by atoms with Crippen LogP contribution in [0.25, 0.3) is 60.7 Å². The summed E-state index contributed by atoms with van der Waals surface area (Å²) >= 11 is 0. The van der Waals surface area contributed by atoms with Crippen molar-refractivity contribution in [2.24, 2.45) is 0 Å². The maximum Gasteiger partial charge on any atom is 0.419 e. The second kappa shape index (κ2) is 10.8. The van der Waals surface area contributed by atoms with E-state index in [9.17, 15) is 13.2 Å². The predicted octanol–water partition coefficient (Wildman–Crippen LogP) is 10.2. The van der Waals surface area contributed by atoms with Crippen molar-refractivity contribution in [2.45, 2.75) is 45.5 Å². The Morgan fingerprint density at radius 1 is 0.510 bits per heavy atom. The van der Waals surface area contributed by atoms with E-state index in [1.54, 1.807) is 0 Å². The monoisotopic (exact) mass is 686 g/mol. The second-order valence-corrected chi connectivity index (χ2v) is 25.2. The lowest BCUT2D eigenvalue weighted by Crippen LogP contribution is -2.37. The molecule has 0 N–H and O–H groups in total. The van der Waals surface area contributed by atoms with Crippen LogP contribution in [-0.4, -0.2) is 35.1 Å². The first-order valence-corrected chi connectivity index (χ1v) is 23.5. The number of hydrogen-bond acceptors (Lipinski definition) is 1. The first-order chi connectivity index (χ1) is 23.2. The molecule has 0 amide bonds. The lowest BCUT2D eigenvalue weighted by Gasteiger charge is -2.19. The third-order valence-corrected chi connectivity index (χ3v) is 13.7. The summed E-state index contributed by atoms with van der Waals surface area (Å²) in [7, 11) is -3.35. The third-order valence-electron chi connectivity index (χ3n) is 9.66. The number of hydrogen-bond donors (Lipinski definition) is 0. The molecule has 0 aliphatic heterocycles. The van der Waals surface area contributed by atoms with Gasteiger partial charge in [0.15, 0.2) is 0 Å². The van der Waals surface area contributed by atoms with Crippen LogP contribution >= 0.6 is 0 Å². The minimum Gasteiger partial charge on any atom is -0.309 e. The summed E-state index contributed by atoms with van der Waals surface area (Å²) < 4.78 is 47.4. The van der Waals surface area contributed by atoms with Crippen LogP contribution in [0.4, 0.5) is 13.2 Å². The molecule has 0 aliphatic rings. The SMILES string of the molecule is C[Si](C)(C)c1ccc2c3ccccc3n(-c3cc(-n4cc(C(F)(F)F)cn4)cc(-n4c5ccccc5c5ccc([Si](C)(C)C)cc54)c3)c2c1. The number of nitrogens with zero attached hydrogens (tertiary/aromatic N) is 4. The molecule has 3 heterocycles. The van der Waals surface area contributed by atoms with E-state index in [-0.39, 0.29) is 0 Å². The number of halogens is 3. The topological polar surface area (TPSA) is 27.7 Å². The number of benzene rings is 5. The lowest BCUT2D eigenvalue weighted by atomic mass is 10.1. The number of para-hydroxylation sites is 2. The summed E-state index contributed by atoms with van der Waals surface area (Å²) in [5, 5.41) is 11.4. The van der Waals surface area contributed by atoms with Crippen LogP contribution in [0.3, 0.4) is 0 Å². The minimum absolute atomic E-state index is 0.544. The molecule has 9 heteroatoms. The second-order valence-electron chi connectivity index (χ2n) is 15.0. The Balaban J connectivity index is 1.49. The number of fused-ring (bicyclic) bond motifs is 6. The van der Waals surface area contributed by atoms with Crippen molar-refractivity contribution in [3.63, 3.8) is 0 Å². The van der Waals surface area contributed by atoms with Gasteiger partial charge in [0.2, 0.25) is 0 Å². The summed E-state index contributed by atoms with van der Waals surface area (Å²) in [5.41, 5.74) is 5.68. The van der Waals surface area contributed by atoms with Crippen molar-refractivity contribution < 1.29 is 13.2 Å². The molecule has 0 bridgehead atoms. The van der Waals surface area contributed by atoms with E-state index in [4.69, 9.17) is 0 Å². The fraction of sp³-hybridized carbons (Fsp3) is 0.175. The van der Waals surface area contributed by atoms with E-state index in [1.165, 1.54) is 15.1 Å². The molecule has 0 saturated carbocycles. The van der Waals surface area contributed by atoms with E-state index in [2.05, 4.69) is 132 Å². The first-order valence-electron chi connectivity index (χ1n) is 16.5. The Morgan fingerprint density at radius 3 is 1.37 bits per heavy atom. The maximum absolute atomic E-state index is 13.8. The molecule has 0 radical (unpaired) electrons. The fourth-order valence-corrected chi connectivity index (χ4v) is 9.32. The van der Waals surface area contributed by atoms with Crippen molar-refractivity contribution in [1.29, 1.82) is 0 Å². The van der Waals surface area contributed by atoms with Gasteiger partial charge in [-0.3, -0.25) is 0 Å². The smallest absolute Gasteiger partial charge is 0.309 e. The highest BCUT2D eigenvalue weighted by Crippen LogP contribution is 2.37. The molecule has 4 nitrogen and oxygen atoms in total.